The SMILES string of the molecule is CC(C)CN(c1ccc(-c2cccnc2C(=O)O)cc1N)C1CCCCC1. The van der Waals surface area contributed by atoms with E-state index in [1.54, 1.807) is 12.1 Å². The average molecular weight is 367 g/mol. The first-order valence-corrected chi connectivity index (χ1v) is 9.82. The second-order valence-corrected chi connectivity index (χ2v) is 7.82. The molecule has 0 spiro atoms. The van der Waals surface area contributed by atoms with E-state index < -0.39 is 5.97 Å². The quantitative estimate of drug-likeness (QED) is 0.715. The van der Waals surface area contributed by atoms with E-state index in [9.17, 15) is 9.90 Å². The smallest absolute Gasteiger partial charge is 0.355 e. The number of nitrogens with zero attached hydrogens (tertiary/aromatic N) is 2. The zero-order valence-corrected chi connectivity index (χ0v) is 16.2. The number of aromatic carboxylic acids is 1. The van der Waals surface area contributed by atoms with Gasteiger partial charge in [-0.15, -0.1) is 0 Å². The van der Waals surface area contributed by atoms with Gasteiger partial charge >= 0.3 is 5.97 Å². The highest BCUT2D eigenvalue weighted by Gasteiger charge is 2.24. The lowest BCUT2D eigenvalue weighted by Gasteiger charge is -2.38. The molecule has 3 N–H and O–H groups in total. The number of carboxylic acids is 1. The molecule has 0 atom stereocenters. The van der Waals surface area contributed by atoms with Crippen LogP contribution in [0.3, 0.4) is 0 Å². The number of nitrogens with two attached hydrogens (primary N) is 1. The van der Waals surface area contributed by atoms with Crippen molar-refractivity contribution in [1.82, 2.24) is 4.98 Å². The van der Waals surface area contributed by atoms with E-state index in [1.165, 1.54) is 38.3 Å². The minimum Gasteiger partial charge on any atom is -0.476 e. The number of nitrogen functional groups attached to an aromatic ring is 1. The Labute approximate surface area is 161 Å². The summed E-state index contributed by atoms with van der Waals surface area (Å²) < 4.78 is 0. The standard InChI is InChI=1S/C22H29N3O2/c1-15(2)14-25(17-7-4-3-5-8-17)20-11-10-16(13-19(20)23)18-9-6-12-24-21(18)22(26)27/h6,9-13,15,17H,3-5,7-8,14,23H2,1-2H3,(H,26,27). The van der Waals surface area contributed by atoms with Gasteiger partial charge in [0, 0.05) is 24.3 Å². The first kappa shape index (κ1) is 19.2. The fourth-order valence-corrected chi connectivity index (χ4v) is 4.02. The van der Waals surface area contributed by atoms with Crippen molar-refractivity contribution in [2.75, 3.05) is 17.2 Å². The second-order valence-electron chi connectivity index (χ2n) is 7.82. The molecule has 0 radical (unpaired) electrons. The van der Waals surface area contributed by atoms with Gasteiger partial charge in [0.2, 0.25) is 0 Å². The Kier molecular flexibility index (Phi) is 5.99. The fourth-order valence-electron chi connectivity index (χ4n) is 4.02. The number of benzene rings is 1. The lowest BCUT2D eigenvalue weighted by molar-refractivity contribution is 0.0691. The molecule has 0 saturated heterocycles. The van der Waals surface area contributed by atoms with Crippen LogP contribution in [0.1, 0.15) is 56.4 Å². The van der Waals surface area contributed by atoms with Crippen LogP contribution in [0.4, 0.5) is 11.4 Å². The van der Waals surface area contributed by atoms with Crippen molar-refractivity contribution in [1.29, 1.82) is 0 Å². The normalized spacial score (nSPS) is 15.1. The van der Waals surface area contributed by atoms with E-state index in [1.807, 2.05) is 18.2 Å². The molecule has 2 aromatic rings. The van der Waals surface area contributed by atoms with Crippen LogP contribution < -0.4 is 10.6 Å². The maximum Gasteiger partial charge on any atom is 0.355 e. The van der Waals surface area contributed by atoms with E-state index in [0.29, 0.717) is 23.2 Å². The van der Waals surface area contributed by atoms with E-state index in [2.05, 4.69) is 23.7 Å². The lowest BCUT2D eigenvalue weighted by atomic mass is 9.92. The fraction of sp³-hybridized carbons (Fsp3) is 0.455. The highest BCUT2D eigenvalue weighted by atomic mass is 16.4. The van der Waals surface area contributed by atoms with E-state index >= 15 is 0 Å². The summed E-state index contributed by atoms with van der Waals surface area (Å²) >= 11 is 0. The molecular weight excluding hydrogens is 338 g/mol. The lowest BCUT2D eigenvalue weighted by Crippen LogP contribution is -2.39. The van der Waals surface area contributed by atoms with Crippen LogP contribution in [-0.4, -0.2) is 28.6 Å². The summed E-state index contributed by atoms with van der Waals surface area (Å²) in [6.45, 7) is 5.44. The summed E-state index contributed by atoms with van der Waals surface area (Å²) in [5.74, 6) is -0.486. The topological polar surface area (TPSA) is 79.5 Å². The minimum atomic E-state index is -1.03. The zero-order chi connectivity index (χ0) is 19.4. The largest absolute Gasteiger partial charge is 0.476 e. The predicted molar refractivity (Wildman–Crippen MR) is 110 cm³/mol. The van der Waals surface area contributed by atoms with Gasteiger partial charge in [0.15, 0.2) is 5.69 Å². The van der Waals surface area contributed by atoms with Crippen molar-refractivity contribution in [3.63, 3.8) is 0 Å². The van der Waals surface area contributed by atoms with Crippen LogP contribution in [0, 0.1) is 5.92 Å². The summed E-state index contributed by atoms with van der Waals surface area (Å²) in [5, 5.41) is 9.41. The predicted octanol–water partition coefficient (Wildman–Crippen LogP) is 4.82. The van der Waals surface area contributed by atoms with E-state index in [4.69, 9.17) is 5.73 Å². The first-order valence-electron chi connectivity index (χ1n) is 9.82. The monoisotopic (exact) mass is 367 g/mol. The summed E-state index contributed by atoms with van der Waals surface area (Å²) in [6.07, 6.45) is 7.78. The van der Waals surface area contributed by atoms with Crippen molar-refractivity contribution in [3.8, 4) is 11.1 Å². The number of carbonyl (C=O) groups is 1. The third kappa shape index (κ3) is 4.41. The van der Waals surface area contributed by atoms with Crippen molar-refractivity contribution in [2.45, 2.75) is 52.0 Å². The molecule has 0 amide bonds. The van der Waals surface area contributed by atoms with Crippen LogP contribution in [0.25, 0.3) is 11.1 Å². The molecule has 1 fully saturated rings. The average Bonchev–Trinajstić information content (AvgIpc) is 2.67. The van der Waals surface area contributed by atoms with Crippen LogP contribution in [0.15, 0.2) is 36.5 Å². The number of rotatable bonds is 6. The Morgan fingerprint density at radius 1 is 1.26 bits per heavy atom. The highest BCUT2D eigenvalue weighted by molar-refractivity contribution is 5.94. The summed E-state index contributed by atoms with van der Waals surface area (Å²) in [6, 6.07) is 9.94. The van der Waals surface area contributed by atoms with E-state index in [-0.39, 0.29) is 5.69 Å². The van der Waals surface area contributed by atoms with Gasteiger partial charge in [0.05, 0.1) is 11.4 Å². The van der Waals surface area contributed by atoms with Gasteiger partial charge in [-0.25, -0.2) is 9.78 Å². The highest BCUT2D eigenvalue weighted by Crippen LogP contribution is 2.35. The van der Waals surface area contributed by atoms with E-state index in [0.717, 1.165) is 17.8 Å². The Hall–Kier alpha value is -2.56. The van der Waals surface area contributed by atoms with Crippen molar-refractivity contribution in [2.24, 2.45) is 5.92 Å². The minimum absolute atomic E-state index is 0.0518. The molecule has 1 saturated carbocycles. The summed E-state index contributed by atoms with van der Waals surface area (Å²) in [7, 11) is 0. The van der Waals surface area contributed by atoms with Gasteiger partial charge in [-0.05, 0) is 42.5 Å². The second kappa shape index (κ2) is 8.42. The number of hydrogen-bond donors (Lipinski definition) is 2. The molecule has 5 nitrogen and oxygen atoms in total. The van der Waals surface area contributed by atoms with Crippen molar-refractivity contribution < 1.29 is 9.90 Å². The Bertz CT molecular complexity index is 798. The van der Waals surface area contributed by atoms with Gasteiger partial charge in [-0.2, -0.15) is 0 Å². The Morgan fingerprint density at radius 2 is 2.00 bits per heavy atom. The number of hydrogen-bond acceptors (Lipinski definition) is 4. The first-order chi connectivity index (χ1) is 13.0. The number of carboxylic acid groups (broad SMARTS) is 1. The molecule has 1 heterocycles. The van der Waals surface area contributed by atoms with Crippen molar-refractivity contribution >= 4 is 17.3 Å². The molecule has 1 aromatic carbocycles. The zero-order valence-electron chi connectivity index (χ0n) is 16.2. The van der Waals surface area contributed by atoms with Gasteiger partial charge in [0.25, 0.3) is 0 Å². The molecule has 0 unspecified atom stereocenters. The maximum absolute atomic E-state index is 11.5. The third-order valence-corrected chi connectivity index (χ3v) is 5.24. The third-order valence-electron chi connectivity index (χ3n) is 5.24. The molecule has 0 aliphatic heterocycles. The number of anilines is 2. The van der Waals surface area contributed by atoms with Crippen LogP contribution in [0.5, 0.6) is 0 Å². The van der Waals surface area contributed by atoms with Gasteiger partial charge in [0.1, 0.15) is 0 Å². The number of aromatic nitrogens is 1. The Balaban J connectivity index is 1.96. The maximum atomic E-state index is 11.5. The molecule has 0 bridgehead atoms. The van der Waals surface area contributed by atoms with Gasteiger partial charge < -0.3 is 15.7 Å². The summed E-state index contributed by atoms with van der Waals surface area (Å²) in [5.41, 5.74) is 9.64. The van der Waals surface area contributed by atoms with Gasteiger partial charge in [-0.3, -0.25) is 0 Å². The number of pyridine rings is 1. The van der Waals surface area contributed by atoms with Crippen LogP contribution in [0.2, 0.25) is 0 Å². The van der Waals surface area contributed by atoms with Crippen molar-refractivity contribution in [3.05, 3.63) is 42.2 Å². The molecular formula is C22H29N3O2. The summed E-state index contributed by atoms with van der Waals surface area (Å²) in [4.78, 5) is 17.9. The Morgan fingerprint density at radius 3 is 2.63 bits per heavy atom. The molecule has 144 valence electrons. The molecule has 1 aromatic heterocycles. The van der Waals surface area contributed by atoms with Crippen LogP contribution in [-0.2, 0) is 0 Å². The molecule has 1 aliphatic rings. The molecule has 5 heteroatoms. The molecule has 3 rings (SSSR count). The van der Waals surface area contributed by atoms with Crippen LogP contribution >= 0.6 is 0 Å². The van der Waals surface area contributed by atoms with Gasteiger partial charge in [-0.1, -0.05) is 45.2 Å². The molecule has 27 heavy (non-hydrogen) atoms. The molecule has 1 aliphatic carbocycles.